The highest BCUT2D eigenvalue weighted by atomic mass is 16.6. The van der Waals surface area contributed by atoms with Gasteiger partial charge in [0.1, 0.15) is 19.0 Å². The summed E-state index contributed by atoms with van der Waals surface area (Å²) in [7, 11) is 0. The van der Waals surface area contributed by atoms with Crippen molar-refractivity contribution in [1.82, 2.24) is 5.32 Å². The summed E-state index contributed by atoms with van der Waals surface area (Å²) in [5.41, 5.74) is 2.44. The van der Waals surface area contributed by atoms with E-state index in [-0.39, 0.29) is 0 Å². The van der Waals surface area contributed by atoms with Crippen LogP contribution in [0.4, 0.5) is 0 Å². The Labute approximate surface area is 118 Å². The lowest BCUT2D eigenvalue weighted by Gasteiger charge is -2.18. The van der Waals surface area contributed by atoms with E-state index in [1.807, 2.05) is 12.1 Å². The number of benzene rings is 1. The SMILES string of the molecule is Cc1ccoc1CNCCc1ccc2c(c1)OCCO2. The number of ether oxygens (including phenoxy) is 2. The summed E-state index contributed by atoms with van der Waals surface area (Å²) in [6, 6.07) is 8.12. The minimum absolute atomic E-state index is 0.631. The average Bonchev–Trinajstić information content (AvgIpc) is 2.89. The second kappa shape index (κ2) is 6.01. The summed E-state index contributed by atoms with van der Waals surface area (Å²) >= 11 is 0. The molecular weight excluding hydrogens is 254 g/mol. The van der Waals surface area contributed by atoms with Gasteiger partial charge in [-0.25, -0.2) is 0 Å². The Morgan fingerprint density at radius 1 is 1.10 bits per heavy atom. The first-order chi connectivity index (χ1) is 9.83. The Kier molecular flexibility index (Phi) is 3.92. The Bertz CT molecular complexity index is 577. The topological polar surface area (TPSA) is 43.6 Å². The van der Waals surface area contributed by atoms with Gasteiger partial charge in [0.25, 0.3) is 0 Å². The van der Waals surface area contributed by atoms with Gasteiger partial charge in [0, 0.05) is 0 Å². The minimum Gasteiger partial charge on any atom is -0.486 e. The monoisotopic (exact) mass is 273 g/mol. The molecule has 0 radical (unpaired) electrons. The molecule has 0 saturated carbocycles. The molecule has 1 aromatic heterocycles. The summed E-state index contributed by atoms with van der Waals surface area (Å²) in [5, 5.41) is 3.39. The van der Waals surface area contributed by atoms with Crippen molar-refractivity contribution in [3.8, 4) is 11.5 Å². The first kappa shape index (κ1) is 13.1. The van der Waals surface area contributed by atoms with E-state index >= 15 is 0 Å². The van der Waals surface area contributed by atoms with Gasteiger partial charge >= 0.3 is 0 Å². The molecule has 0 bridgehead atoms. The highest BCUT2D eigenvalue weighted by Crippen LogP contribution is 2.30. The molecule has 4 heteroatoms. The lowest BCUT2D eigenvalue weighted by atomic mass is 10.1. The summed E-state index contributed by atoms with van der Waals surface area (Å²) in [5.74, 6) is 2.71. The molecular formula is C16H19NO3. The number of nitrogens with one attached hydrogen (secondary N) is 1. The molecule has 1 aliphatic heterocycles. The lowest BCUT2D eigenvalue weighted by molar-refractivity contribution is 0.171. The van der Waals surface area contributed by atoms with Gasteiger partial charge in [0.05, 0.1) is 12.8 Å². The Morgan fingerprint density at radius 3 is 2.75 bits per heavy atom. The van der Waals surface area contributed by atoms with Crippen LogP contribution < -0.4 is 14.8 Å². The van der Waals surface area contributed by atoms with E-state index in [2.05, 4.69) is 24.4 Å². The van der Waals surface area contributed by atoms with Crippen molar-refractivity contribution in [2.24, 2.45) is 0 Å². The third-order valence-electron chi connectivity index (χ3n) is 3.45. The molecule has 0 fully saturated rings. The molecule has 1 N–H and O–H groups in total. The van der Waals surface area contributed by atoms with Crippen LogP contribution in [-0.2, 0) is 13.0 Å². The van der Waals surface area contributed by atoms with Crippen LogP contribution in [0.15, 0.2) is 34.9 Å². The highest BCUT2D eigenvalue weighted by molar-refractivity contribution is 5.43. The second-order valence-corrected chi connectivity index (χ2v) is 4.93. The van der Waals surface area contributed by atoms with Crippen LogP contribution in [0.25, 0.3) is 0 Å². The van der Waals surface area contributed by atoms with Crippen molar-refractivity contribution < 1.29 is 13.9 Å². The van der Waals surface area contributed by atoms with Crippen LogP contribution >= 0.6 is 0 Å². The lowest BCUT2D eigenvalue weighted by Crippen LogP contribution is -2.18. The van der Waals surface area contributed by atoms with Crippen LogP contribution in [0, 0.1) is 6.92 Å². The average molecular weight is 273 g/mol. The molecule has 106 valence electrons. The Balaban J connectivity index is 1.50. The predicted octanol–water partition coefficient (Wildman–Crippen LogP) is 2.69. The fourth-order valence-electron chi connectivity index (χ4n) is 2.26. The van der Waals surface area contributed by atoms with E-state index in [4.69, 9.17) is 13.9 Å². The number of hydrogen-bond donors (Lipinski definition) is 1. The number of aryl methyl sites for hydroxylation is 1. The fraction of sp³-hybridized carbons (Fsp3) is 0.375. The van der Waals surface area contributed by atoms with E-state index in [9.17, 15) is 0 Å². The van der Waals surface area contributed by atoms with Gasteiger partial charge in [0.15, 0.2) is 11.5 Å². The molecule has 2 heterocycles. The van der Waals surface area contributed by atoms with E-state index in [1.54, 1.807) is 6.26 Å². The summed E-state index contributed by atoms with van der Waals surface area (Å²) in [6.07, 6.45) is 2.68. The van der Waals surface area contributed by atoms with Gasteiger partial charge < -0.3 is 19.2 Å². The van der Waals surface area contributed by atoms with Crippen molar-refractivity contribution in [2.75, 3.05) is 19.8 Å². The van der Waals surface area contributed by atoms with Gasteiger partial charge in [-0.2, -0.15) is 0 Å². The third kappa shape index (κ3) is 2.96. The van der Waals surface area contributed by atoms with Crippen LogP contribution in [-0.4, -0.2) is 19.8 Å². The van der Waals surface area contributed by atoms with Crippen LogP contribution in [0.1, 0.15) is 16.9 Å². The predicted molar refractivity (Wildman–Crippen MR) is 76.3 cm³/mol. The Hall–Kier alpha value is -1.94. The van der Waals surface area contributed by atoms with Crippen molar-refractivity contribution in [2.45, 2.75) is 19.9 Å². The molecule has 3 rings (SSSR count). The van der Waals surface area contributed by atoms with Crippen molar-refractivity contribution >= 4 is 0 Å². The molecule has 0 aliphatic carbocycles. The van der Waals surface area contributed by atoms with Crippen LogP contribution in [0.3, 0.4) is 0 Å². The number of rotatable bonds is 5. The molecule has 1 aromatic carbocycles. The molecule has 0 unspecified atom stereocenters. The standard InChI is InChI=1S/C16H19NO3/c1-12-5-7-18-16(12)11-17-6-4-13-2-3-14-15(10-13)20-9-8-19-14/h2-3,5,7,10,17H,4,6,8-9,11H2,1H3. The zero-order valence-electron chi connectivity index (χ0n) is 11.6. The van der Waals surface area contributed by atoms with Gasteiger partial charge in [-0.3, -0.25) is 0 Å². The zero-order chi connectivity index (χ0) is 13.8. The van der Waals surface area contributed by atoms with E-state index in [1.165, 1.54) is 11.1 Å². The maximum atomic E-state index is 5.58. The van der Waals surface area contributed by atoms with Crippen molar-refractivity contribution in [3.05, 3.63) is 47.4 Å². The first-order valence-corrected chi connectivity index (χ1v) is 6.95. The molecule has 0 spiro atoms. The maximum Gasteiger partial charge on any atom is 0.161 e. The summed E-state index contributed by atoms with van der Waals surface area (Å²) in [4.78, 5) is 0. The van der Waals surface area contributed by atoms with Crippen LogP contribution in [0.5, 0.6) is 11.5 Å². The minimum atomic E-state index is 0.631. The van der Waals surface area contributed by atoms with E-state index in [0.29, 0.717) is 13.2 Å². The molecule has 4 nitrogen and oxygen atoms in total. The van der Waals surface area contributed by atoms with Gasteiger partial charge in [0.2, 0.25) is 0 Å². The summed E-state index contributed by atoms with van der Waals surface area (Å²) in [6.45, 7) is 4.99. The molecule has 1 aliphatic rings. The smallest absolute Gasteiger partial charge is 0.161 e. The first-order valence-electron chi connectivity index (χ1n) is 6.95. The second-order valence-electron chi connectivity index (χ2n) is 4.93. The largest absolute Gasteiger partial charge is 0.486 e. The zero-order valence-corrected chi connectivity index (χ0v) is 11.6. The Morgan fingerprint density at radius 2 is 1.95 bits per heavy atom. The normalized spacial score (nSPS) is 13.4. The van der Waals surface area contributed by atoms with Crippen molar-refractivity contribution in [1.29, 1.82) is 0 Å². The molecule has 0 saturated heterocycles. The van der Waals surface area contributed by atoms with Gasteiger partial charge in [-0.05, 0) is 49.2 Å². The van der Waals surface area contributed by atoms with Crippen LogP contribution in [0.2, 0.25) is 0 Å². The maximum absolute atomic E-state index is 5.58. The molecule has 0 amide bonds. The number of furan rings is 1. The van der Waals surface area contributed by atoms with E-state index < -0.39 is 0 Å². The quantitative estimate of drug-likeness (QED) is 0.851. The van der Waals surface area contributed by atoms with Crippen molar-refractivity contribution in [3.63, 3.8) is 0 Å². The van der Waals surface area contributed by atoms with Gasteiger partial charge in [-0.15, -0.1) is 0 Å². The molecule has 0 atom stereocenters. The molecule has 20 heavy (non-hydrogen) atoms. The summed E-state index contributed by atoms with van der Waals surface area (Å²) < 4.78 is 16.5. The number of hydrogen-bond acceptors (Lipinski definition) is 4. The highest BCUT2D eigenvalue weighted by Gasteiger charge is 2.11. The fourth-order valence-corrected chi connectivity index (χ4v) is 2.26. The van der Waals surface area contributed by atoms with E-state index in [0.717, 1.165) is 36.8 Å². The third-order valence-corrected chi connectivity index (χ3v) is 3.45. The molecule has 2 aromatic rings. The number of fused-ring (bicyclic) bond motifs is 1. The van der Waals surface area contributed by atoms with Gasteiger partial charge in [-0.1, -0.05) is 6.07 Å².